The molecule has 0 unspecified atom stereocenters. The SMILES string of the molecule is COCCNCc1ccc(N2Cc3ccccc3C2)cc1. The third-order valence-corrected chi connectivity index (χ3v) is 3.95. The van der Waals surface area contributed by atoms with Gasteiger partial charge in [-0.3, -0.25) is 0 Å². The van der Waals surface area contributed by atoms with E-state index in [-0.39, 0.29) is 0 Å². The number of nitrogens with one attached hydrogen (secondary N) is 1. The first-order chi connectivity index (χ1) is 10.4. The van der Waals surface area contributed by atoms with Gasteiger partial charge in [-0.25, -0.2) is 0 Å². The Bertz CT molecular complexity index is 555. The van der Waals surface area contributed by atoms with E-state index in [1.54, 1.807) is 7.11 Å². The van der Waals surface area contributed by atoms with E-state index in [0.717, 1.165) is 32.8 Å². The summed E-state index contributed by atoms with van der Waals surface area (Å²) in [4.78, 5) is 2.42. The summed E-state index contributed by atoms with van der Waals surface area (Å²) in [5, 5.41) is 3.37. The van der Waals surface area contributed by atoms with Gasteiger partial charge in [0.05, 0.1) is 6.61 Å². The number of rotatable bonds is 6. The van der Waals surface area contributed by atoms with Crippen LogP contribution in [0.1, 0.15) is 16.7 Å². The van der Waals surface area contributed by atoms with Crippen molar-refractivity contribution in [1.82, 2.24) is 5.32 Å². The number of fused-ring (bicyclic) bond motifs is 1. The molecule has 1 heterocycles. The lowest BCUT2D eigenvalue weighted by Gasteiger charge is -2.18. The predicted octanol–water partition coefficient (Wildman–Crippen LogP) is 2.94. The first-order valence-corrected chi connectivity index (χ1v) is 7.47. The average molecular weight is 282 g/mol. The number of hydrogen-bond acceptors (Lipinski definition) is 3. The van der Waals surface area contributed by atoms with Gasteiger partial charge in [0.15, 0.2) is 0 Å². The lowest BCUT2D eigenvalue weighted by molar-refractivity contribution is 0.199. The maximum Gasteiger partial charge on any atom is 0.0587 e. The summed E-state index contributed by atoms with van der Waals surface area (Å²) in [6, 6.07) is 17.6. The van der Waals surface area contributed by atoms with Gasteiger partial charge in [0, 0.05) is 39.0 Å². The van der Waals surface area contributed by atoms with Gasteiger partial charge in [0.1, 0.15) is 0 Å². The van der Waals surface area contributed by atoms with E-state index in [0.29, 0.717) is 0 Å². The number of hydrogen-bond donors (Lipinski definition) is 1. The molecule has 21 heavy (non-hydrogen) atoms. The fraction of sp³-hybridized carbons (Fsp3) is 0.333. The highest BCUT2D eigenvalue weighted by Crippen LogP contribution is 2.28. The highest BCUT2D eigenvalue weighted by molar-refractivity contribution is 5.52. The quantitative estimate of drug-likeness (QED) is 0.824. The molecule has 0 bridgehead atoms. The predicted molar refractivity (Wildman–Crippen MR) is 86.4 cm³/mol. The van der Waals surface area contributed by atoms with Gasteiger partial charge in [-0.15, -0.1) is 0 Å². The molecule has 3 nitrogen and oxygen atoms in total. The summed E-state index contributed by atoms with van der Waals surface area (Å²) >= 11 is 0. The van der Waals surface area contributed by atoms with E-state index >= 15 is 0 Å². The zero-order valence-electron chi connectivity index (χ0n) is 12.5. The molecule has 0 saturated carbocycles. The second kappa shape index (κ2) is 6.74. The second-order valence-corrected chi connectivity index (χ2v) is 5.46. The number of anilines is 1. The van der Waals surface area contributed by atoms with Crippen LogP contribution in [0.5, 0.6) is 0 Å². The Kier molecular flexibility index (Phi) is 4.53. The van der Waals surface area contributed by atoms with Gasteiger partial charge < -0.3 is 15.0 Å². The van der Waals surface area contributed by atoms with Crippen molar-refractivity contribution in [2.75, 3.05) is 25.2 Å². The molecule has 0 fully saturated rings. The van der Waals surface area contributed by atoms with Crippen molar-refractivity contribution in [2.45, 2.75) is 19.6 Å². The van der Waals surface area contributed by atoms with Gasteiger partial charge in [-0.2, -0.15) is 0 Å². The Labute approximate surface area is 126 Å². The fourth-order valence-corrected chi connectivity index (χ4v) is 2.75. The van der Waals surface area contributed by atoms with Crippen molar-refractivity contribution in [3.8, 4) is 0 Å². The van der Waals surface area contributed by atoms with Crippen LogP contribution in [0.3, 0.4) is 0 Å². The van der Waals surface area contributed by atoms with E-state index in [2.05, 4.69) is 58.7 Å². The van der Waals surface area contributed by atoms with Crippen LogP contribution in [0.15, 0.2) is 48.5 Å². The number of benzene rings is 2. The molecule has 0 spiro atoms. The largest absolute Gasteiger partial charge is 0.383 e. The maximum atomic E-state index is 5.03. The molecule has 110 valence electrons. The zero-order valence-corrected chi connectivity index (χ0v) is 12.5. The molecule has 0 amide bonds. The molecule has 1 N–H and O–H groups in total. The van der Waals surface area contributed by atoms with Crippen LogP contribution >= 0.6 is 0 Å². The number of nitrogens with zero attached hydrogens (tertiary/aromatic N) is 1. The van der Waals surface area contributed by atoms with Crippen LogP contribution in [0.4, 0.5) is 5.69 Å². The Morgan fingerprint density at radius 2 is 1.67 bits per heavy atom. The lowest BCUT2D eigenvalue weighted by Crippen LogP contribution is -2.18. The standard InChI is InChI=1S/C18H22N2O/c1-21-11-10-19-12-15-6-8-18(9-7-15)20-13-16-4-2-3-5-17(16)14-20/h2-9,19H,10-14H2,1H3. The third kappa shape index (κ3) is 3.43. The number of methoxy groups -OCH3 is 1. The molecular weight excluding hydrogens is 260 g/mol. The van der Waals surface area contributed by atoms with Crippen molar-refractivity contribution < 1.29 is 4.74 Å². The van der Waals surface area contributed by atoms with Crippen molar-refractivity contribution in [2.24, 2.45) is 0 Å². The molecule has 0 aliphatic carbocycles. The molecule has 0 radical (unpaired) electrons. The molecule has 0 aromatic heterocycles. The minimum absolute atomic E-state index is 0.754. The maximum absolute atomic E-state index is 5.03. The van der Waals surface area contributed by atoms with Crippen LogP contribution in [0, 0.1) is 0 Å². The van der Waals surface area contributed by atoms with E-state index in [1.165, 1.54) is 22.4 Å². The first-order valence-electron chi connectivity index (χ1n) is 7.47. The lowest BCUT2D eigenvalue weighted by atomic mass is 10.1. The van der Waals surface area contributed by atoms with Gasteiger partial charge in [-0.05, 0) is 28.8 Å². The van der Waals surface area contributed by atoms with Crippen LogP contribution in [-0.2, 0) is 24.4 Å². The summed E-state index contributed by atoms with van der Waals surface area (Å²) in [7, 11) is 1.73. The molecule has 3 rings (SSSR count). The molecule has 1 aliphatic heterocycles. The zero-order chi connectivity index (χ0) is 14.5. The smallest absolute Gasteiger partial charge is 0.0587 e. The minimum atomic E-state index is 0.754. The summed E-state index contributed by atoms with van der Waals surface area (Å²) in [6.07, 6.45) is 0. The Balaban J connectivity index is 1.58. The van der Waals surface area contributed by atoms with Crippen LogP contribution in [-0.4, -0.2) is 20.3 Å². The summed E-state index contributed by atoms with van der Waals surface area (Å²) < 4.78 is 5.03. The first kappa shape index (κ1) is 14.1. The summed E-state index contributed by atoms with van der Waals surface area (Å²) in [5.41, 5.74) is 5.50. The second-order valence-electron chi connectivity index (χ2n) is 5.46. The molecule has 2 aromatic rings. The van der Waals surface area contributed by atoms with Gasteiger partial charge in [0.25, 0.3) is 0 Å². The summed E-state index contributed by atoms with van der Waals surface area (Å²) in [6.45, 7) is 4.57. The topological polar surface area (TPSA) is 24.5 Å². The van der Waals surface area contributed by atoms with Gasteiger partial charge >= 0.3 is 0 Å². The highest BCUT2D eigenvalue weighted by Gasteiger charge is 2.18. The Hall–Kier alpha value is -1.84. The molecule has 2 aromatic carbocycles. The van der Waals surface area contributed by atoms with Crippen molar-refractivity contribution >= 4 is 5.69 Å². The van der Waals surface area contributed by atoms with Gasteiger partial charge in [0.2, 0.25) is 0 Å². The van der Waals surface area contributed by atoms with Crippen molar-refractivity contribution in [3.63, 3.8) is 0 Å². The van der Waals surface area contributed by atoms with E-state index < -0.39 is 0 Å². The highest BCUT2D eigenvalue weighted by atomic mass is 16.5. The van der Waals surface area contributed by atoms with E-state index in [9.17, 15) is 0 Å². The monoisotopic (exact) mass is 282 g/mol. The molecule has 0 atom stereocenters. The molecule has 3 heteroatoms. The van der Waals surface area contributed by atoms with E-state index in [4.69, 9.17) is 4.74 Å². The van der Waals surface area contributed by atoms with Crippen LogP contribution in [0.25, 0.3) is 0 Å². The van der Waals surface area contributed by atoms with Crippen LogP contribution < -0.4 is 10.2 Å². The molecular formula is C18H22N2O. The molecule has 1 aliphatic rings. The van der Waals surface area contributed by atoms with Crippen molar-refractivity contribution in [3.05, 3.63) is 65.2 Å². The van der Waals surface area contributed by atoms with Gasteiger partial charge in [-0.1, -0.05) is 36.4 Å². The minimum Gasteiger partial charge on any atom is -0.383 e. The van der Waals surface area contributed by atoms with Crippen molar-refractivity contribution in [1.29, 1.82) is 0 Å². The van der Waals surface area contributed by atoms with Crippen LogP contribution in [0.2, 0.25) is 0 Å². The summed E-state index contributed by atoms with van der Waals surface area (Å²) in [5.74, 6) is 0. The third-order valence-electron chi connectivity index (χ3n) is 3.95. The average Bonchev–Trinajstić information content (AvgIpc) is 2.96. The number of ether oxygens (including phenoxy) is 1. The Morgan fingerprint density at radius 1 is 1.00 bits per heavy atom. The molecule has 0 saturated heterocycles. The van der Waals surface area contributed by atoms with E-state index in [1.807, 2.05) is 0 Å². The Morgan fingerprint density at radius 3 is 2.29 bits per heavy atom. The normalized spacial score (nSPS) is 13.5. The fourth-order valence-electron chi connectivity index (χ4n) is 2.75.